The molecule has 276 valence electrons. The third kappa shape index (κ3) is 7.00. The number of alkyl halides is 4. The molecule has 6 rings (SSSR count). The number of hydrogen-bond acceptors (Lipinski definition) is 7. The first-order valence-electron chi connectivity index (χ1n) is 16.9. The molecule has 0 radical (unpaired) electrons. The molecule has 0 amide bonds. The van der Waals surface area contributed by atoms with Crippen LogP contribution < -0.4 is 27.8 Å². The van der Waals surface area contributed by atoms with Crippen LogP contribution in [0.2, 0.25) is 36.3 Å². The van der Waals surface area contributed by atoms with Crippen LogP contribution in [0.3, 0.4) is 0 Å². The first-order chi connectivity index (χ1) is 23.9. The van der Waals surface area contributed by atoms with Crippen LogP contribution in [0.25, 0.3) is 22.3 Å². The fourth-order valence-electron chi connectivity index (χ4n) is 5.40. The molecular weight excluding hydrogens is 713 g/mol. The van der Waals surface area contributed by atoms with E-state index in [-0.39, 0.29) is 55.3 Å². The van der Waals surface area contributed by atoms with Crippen molar-refractivity contribution < 1.29 is 50.2 Å². The normalized spacial score (nSPS) is 16.1. The molecule has 13 heteroatoms. The minimum absolute atomic E-state index is 0.0330. The standard InChI is InChI=1S/C39H42F4O7Si2/c1-36(2,3)51(7,8)49-25-15-11-23(12-16-25)31-27(19-21-29-34(31)47-38(40,41)45-29)33(44)28-20-22-30-35(48-39(42,43)46-30)32(28)24-13-17-26(18-14-24)50-52(9,10)37(4,5)6/h11-22H,1-10H3. The number of carbonyl (C=O) groups excluding carboxylic acids is 1. The fourth-order valence-corrected chi connectivity index (χ4v) is 7.46. The highest BCUT2D eigenvalue weighted by molar-refractivity contribution is 6.75. The SMILES string of the molecule is CC(C)(C)[Si](C)(C)Oc1ccc(-c2c(C(=O)c3ccc4c(c3-c3ccc(O[Si](C)(C)C(C)(C)C)cc3)OC(F)(F)O4)ccc3c2OC(F)(F)O3)cc1. The molecule has 4 aromatic carbocycles. The third-order valence-corrected chi connectivity index (χ3v) is 19.0. The first kappa shape index (κ1) is 37.3. The molecule has 0 saturated carbocycles. The summed E-state index contributed by atoms with van der Waals surface area (Å²) >= 11 is 0. The van der Waals surface area contributed by atoms with E-state index in [9.17, 15) is 22.4 Å². The summed E-state index contributed by atoms with van der Waals surface area (Å²) in [7, 11) is -4.42. The van der Waals surface area contributed by atoms with Crippen LogP contribution in [-0.2, 0) is 0 Å². The molecule has 0 unspecified atom stereocenters. The van der Waals surface area contributed by atoms with Crippen LogP contribution in [0.5, 0.6) is 34.5 Å². The van der Waals surface area contributed by atoms with E-state index >= 15 is 0 Å². The van der Waals surface area contributed by atoms with Crippen LogP contribution in [0, 0.1) is 0 Å². The molecule has 0 bridgehead atoms. The molecule has 7 nitrogen and oxygen atoms in total. The molecule has 2 aliphatic rings. The van der Waals surface area contributed by atoms with E-state index in [2.05, 4.69) is 67.7 Å². The largest absolute Gasteiger partial charge is 0.586 e. The minimum atomic E-state index is -3.98. The van der Waals surface area contributed by atoms with E-state index in [0.717, 1.165) is 0 Å². The molecule has 2 heterocycles. The third-order valence-electron chi connectivity index (χ3n) is 10.3. The lowest BCUT2D eigenvalue weighted by molar-refractivity contribution is -0.287. The second-order valence-corrected chi connectivity index (χ2v) is 25.5. The lowest BCUT2D eigenvalue weighted by atomic mass is 9.88. The Morgan fingerprint density at radius 3 is 1.17 bits per heavy atom. The van der Waals surface area contributed by atoms with Gasteiger partial charge in [-0.3, -0.25) is 4.79 Å². The number of benzene rings is 4. The summed E-state index contributed by atoms with van der Waals surface area (Å²) in [4.78, 5) is 14.7. The summed E-state index contributed by atoms with van der Waals surface area (Å²) < 4.78 is 90.3. The van der Waals surface area contributed by atoms with E-state index in [0.29, 0.717) is 22.6 Å². The monoisotopic (exact) mass is 754 g/mol. The van der Waals surface area contributed by atoms with E-state index < -0.39 is 35.0 Å². The van der Waals surface area contributed by atoms with Crippen molar-refractivity contribution in [1.29, 1.82) is 0 Å². The van der Waals surface area contributed by atoms with Gasteiger partial charge in [-0.2, -0.15) is 0 Å². The van der Waals surface area contributed by atoms with Gasteiger partial charge in [0.05, 0.1) is 0 Å². The minimum Gasteiger partial charge on any atom is -0.544 e. The van der Waals surface area contributed by atoms with Crippen molar-refractivity contribution >= 4 is 22.4 Å². The van der Waals surface area contributed by atoms with Gasteiger partial charge in [-0.05, 0) is 95.9 Å². The Morgan fingerprint density at radius 2 is 0.865 bits per heavy atom. The van der Waals surface area contributed by atoms with Gasteiger partial charge in [0, 0.05) is 22.3 Å². The van der Waals surface area contributed by atoms with Crippen molar-refractivity contribution in [2.45, 2.75) is 90.4 Å². The van der Waals surface area contributed by atoms with Gasteiger partial charge in [-0.25, -0.2) is 0 Å². The highest BCUT2D eigenvalue weighted by atomic mass is 28.4. The number of ether oxygens (including phenoxy) is 4. The molecule has 0 aliphatic carbocycles. The maximum absolute atomic E-state index is 14.7. The predicted molar refractivity (Wildman–Crippen MR) is 195 cm³/mol. The summed E-state index contributed by atoms with van der Waals surface area (Å²) in [6.45, 7) is 21.1. The second-order valence-electron chi connectivity index (χ2n) is 16.1. The van der Waals surface area contributed by atoms with Crippen molar-refractivity contribution in [3.63, 3.8) is 0 Å². The average Bonchev–Trinajstić information content (AvgIpc) is 3.51. The van der Waals surface area contributed by atoms with E-state index in [1.54, 1.807) is 48.5 Å². The molecule has 52 heavy (non-hydrogen) atoms. The number of hydrogen-bond donors (Lipinski definition) is 0. The summed E-state index contributed by atoms with van der Waals surface area (Å²) in [6, 6.07) is 18.6. The number of carbonyl (C=O) groups is 1. The molecule has 0 N–H and O–H groups in total. The van der Waals surface area contributed by atoms with E-state index in [1.807, 2.05) is 0 Å². The van der Waals surface area contributed by atoms with Gasteiger partial charge in [0.15, 0.2) is 28.8 Å². The highest BCUT2D eigenvalue weighted by Crippen LogP contribution is 2.52. The average molecular weight is 755 g/mol. The highest BCUT2D eigenvalue weighted by Gasteiger charge is 2.48. The van der Waals surface area contributed by atoms with E-state index in [4.69, 9.17) is 27.8 Å². The zero-order valence-electron chi connectivity index (χ0n) is 30.8. The van der Waals surface area contributed by atoms with Crippen molar-refractivity contribution in [2.24, 2.45) is 0 Å². The Kier molecular flexibility index (Phi) is 8.81. The Balaban J connectivity index is 1.46. The Morgan fingerprint density at radius 1 is 0.538 bits per heavy atom. The van der Waals surface area contributed by atoms with Crippen LogP contribution in [-0.4, -0.2) is 35.0 Å². The Hall–Kier alpha value is -4.50. The van der Waals surface area contributed by atoms with Gasteiger partial charge in [0.2, 0.25) is 16.6 Å². The number of ketones is 1. The molecule has 0 saturated heterocycles. The number of fused-ring (bicyclic) bond motifs is 2. The molecule has 0 fully saturated rings. The van der Waals surface area contributed by atoms with E-state index in [1.165, 1.54) is 24.3 Å². The van der Waals surface area contributed by atoms with Crippen LogP contribution in [0.15, 0.2) is 72.8 Å². The lowest BCUT2D eigenvalue weighted by Crippen LogP contribution is -2.43. The fraction of sp³-hybridized carbons (Fsp3) is 0.359. The van der Waals surface area contributed by atoms with Crippen LogP contribution in [0.1, 0.15) is 57.5 Å². The van der Waals surface area contributed by atoms with Crippen LogP contribution >= 0.6 is 0 Å². The molecular formula is C39H42F4O7Si2. The summed E-state index contributed by atoms with van der Waals surface area (Å²) in [6.07, 6.45) is -7.96. The summed E-state index contributed by atoms with van der Waals surface area (Å²) in [5.74, 6) is -0.709. The zero-order valence-corrected chi connectivity index (χ0v) is 32.8. The topological polar surface area (TPSA) is 72.5 Å². The van der Waals surface area contributed by atoms with Gasteiger partial charge in [0.1, 0.15) is 11.5 Å². The van der Waals surface area contributed by atoms with Gasteiger partial charge >= 0.3 is 12.6 Å². The van der Waals surface area contributed by atoms with Gasteiger partial charge < -0.3 is 27.8 Å². The number of halogens is 4. The quantitative estimate of drug-likeness (QED) is 0.101. The van der Waals surface area contributed by atoms with Crippen molar-refractivity contribution in [1.82, 2.24) is 0 Å². The smallest absolute Gasteiger partial charge is 0.544 e. The molecule has 0 aromatic heterocycles. The Labute approximate surface area is 303 Å². The number of rotatable bonds is 8. The van der Waals surface area contributed by atoms with Gasteiger partial charge in [-0.15, -0.1) is 17.6 Å². The maximum Gasteiger partial charge on any atom is 0.586 e. The second kappa shape index (κ2) is 12.3. The summed E-state index contributed by atoms with van der Waals surface area (Å²) in [5, 5.41) is -0.153. The predicted octanol–water partition coefficient (Wildman–Crippen LogP) is 11.7. The van der Waals surface area contributed by atoms with Crippen molar-refractivity contribution in [2.75, 3.05) is 0 Å². The van der Waals surface area contributed by atoms with Crippen LogP contribution in [0.4, 0.5) is 17.6 Å². The molecule has 2 aliphatic heterocycles. The Bertz CT molecular complexity index is 1890. The van der Waals surface area contributed by atoms with Crippen molar-refractivity contribution in [3.05, 3.63) is 83.9 Å². The van der Waals surface area contributed by atoms with Gasteiger partial charge in [0.25, 0.3) is 0 Å². The van der Waals surface area contributed by atoms with Crippen molar-refractivity contribution in [3.8, 4) is 56.8 Å². The first-order valence-corrected chi connectivity index (χ1v) is 22.7. The summed E-state index contributed by atoms with van der Waals surface area (Å²) in [5.41, 5.74) is 0.719. The van der Waals surface area contributed by atoms with Gasteiger partial charge in [-0.1, -0.05) is 65.8 Å². The molecule has 0 spiro atoms. The molecule has 0 atom stereocenters. The maximum atomic E-state index is 14.7. The molecule has 4 aromatic rings. The lowest BCUT2D eigenvalue weighted by Gasteiger charge is -2.36. The zero-order chi connectivity index (χ0) is 38.2.